The van der Waals surface area contributed by atoms with Gasteiger partial charge in [-0.05, 0) is 29.8 Å². The van der Waals surface area contributed by atoms with Gasteiger partial charge in [-0.2, -0.15) is 5.10 Å². The minimum absolute atomic E-state index is 0.199. The van der Waals surface area contributed by atoms with Crippen LogP contribution in [0, 0.1) is 5.41 Å². The predicted octanol–water partition coefficient (Wildman–Crippen LogP) is 2.67. The Labute approximate surface area is 147 Å². The maximum absolute atomic E-state index is 9.59. The summed E-state index contributed by atoms with van der Waals surface area (Å²) >= 11 is 0. The van der Waals surface area contributed by atoms with Crippen molar-refractivity contribution in [2.45, 2.75) is 6.54 Å². The van der Waals surface area contributed by atoms with Gasteiger partial charge in [0.15, 0.2) is 5.84 Å². The molecular formula is C19H21N5O. The number of hydrogen-bond donors (Lipinski definition) is 2. The molecule has 0 saturated carbocycles. The normalized spacial score (nSPS) is 15.6. The summed E-state index contributed by atoms with van der Waals surface area (Å²) in [5.74, 6) is 0.199. The summed E-state index contributed by atoms with van der Waals surface area (Å²) in [5.41, 5.74) is 3.68. The SMILES string of the molecule is CN(C)c1ccc(N=C2C(=N)N(Cc3ccccc3)N=C2CO)cc1. The minimum atomic E-state index is -0.248. The number of rotatable bonds is 5. The van der Waals surface area contributed by atoms with Crippen molar-refractivity contribution in [3.8, 4) is 0 Å². The second-order valence-electron chi connectivity index (χ2n) is 5.97. The van der Waals surface area contributed by atoms with Crippen LogP contribution >= 0.6 is 0 Å². The number of aliphatic imine (C=N–C) groups is 1. The van der Waals surface area contributed by atoms with E-state index in [1.807, 2.05) is 73.6 Å². The second-order valence-corrected chi connectivity index (χ2v) is 5.97. The number of anilines is 1. The second kappa shape index (κ2) is 7.27. The number of aliphatic hydroxyl groups excluding tert-OH is 1. The molecule has 2 aromatic rings. The molecule has 2 aromatic carbocycles. The van der Waals surface area contributed by atoms with Gasteiger partial charge in [0.25, 0.3) is 0 Å². The van der Waals surface area contributed by atoms with Crippen LogP contribution in [0.3, 0.4) is 0 Å². The van der Waals surface area contributed by atoms with Crippen LogP contribution in [0.4, 0.5) is 11.4 Å². The summed E-state index contributed by atoms with van der Waals surface area (Å²) < 4.78 is 0. The van der Waals surface area contributed by atoms with Crippen LogP contribution in [0.2, 0.25) is 0 Å². The standard InChI is InChI=1S/C19H21N5O/c1-23(2)16-10-8-15(9-11-16)21-18-17(13-25)22-24(19(18)20)12-14-6-4-3-5-7-14/h3-11,20,25H,12-13H2,1-2H3. The van der Waals surface area contributed by atoms with E-state index >= 15 is 0 Å². The highest BCUT2D eigenvalue weighted by Gasteiger charge is 2.28. The van der Waals surface area contributed by atoms with Gasteiger partial charge in [-0.3, -0.25) is 5.41 Å². The Morgan fingerprint density at radius 1 is 1.08 bits per heavy atom. The molecule has 2 N–H and O–H groups in total. The average Bonchev–Trinajstić information content (AvgIpc) is 2.92. The highest BCUT2D eigenvalue weighted by molar-refractivity contribution is 6.70. The van der Waals surface area contributed by atoms with Crippen LogP contribution in [0.25, 0.3) is 0 Å². The first kappa shape index (κ1) is 16.9. The van der Waals surface area contributed by atoms with Crippen molar-refractivity contribution < 1.29 is 5.11 Å². The van der Waals surface area contributed by atoms with Gasteiger partial charge in [0.1, 0.15) is 11.4 Å². The van der Waals surface area contributed by atoms with E-state index < -0.39 is 0 Å². The highest BCUT2D eigenvalue weighted by atomic mass is 16.3. The summed E-state index contributed by atoms with van der Waals surface area (Å²) in [6.07, 6.45) is 0. The number of amidine groups is 1. The molecule has 6 nitrogen and oxygen atoms in total. The van der Waals surface area contributed by atoms with E-state index in [-0.39, 0.29) is 12.4 Å². The predicted molar refractivity (Wildman–Crippen MR) is 102 cm³/mol. The van der Waals surface area contributed by atoms with Gasteiger partial charge in [-0.1, -0.05) is 30.3 Å². The molecule has 25 heavy (non-hydrogen) atoms. The fourth-order valence-corrected chi connectivity index (χ4v) is 2.55. The van der Waals surface area contributed by atoms with Crippen molar-refractivity contribution in [2.24, 2.45) is 10.1 Å². The van der Waals surface area contributed by atoms with Crippen molar-refractivity contribution in [3.05, 3.63) is 60.2 Å². The van der Waals surface area contributed by atoms with E-state index in [1.54, 1.807) is 5.01 Å². The van der Waals surface area contributed by atoms with Crippen molar-refractivity contribution >= 4 is 28.6 Å². The van der Waals surface area contributed by atoms with Crippen LogP contribution in [0.15, 0.2) is 64.7 Å². The van der Waals surface area contributed by atoms with Gasteiger partial charge in [-0.25, -0.2) is 10.0 Å². The fourth-order valence-electron chi connectivity index (χ4n) is 2.55. The first-order valence-corrected chi connectivity index (χ1v) is 8.03. The molecule has 6 heteroatoms. The third-order valence-corrected chi connectivity index (χ3v) is 3.93. The van der Waals surface area contributed by atoms with Crippen molar-refractivity contribution in [1.82, 2.24) is 5.01 Å². The van der Waals surface area contributed by atoms with Crippen LogP contribution in [0.5, 0.6) is 0 Å². The lowest BCUT2D eigenvalue weighted by Crippen LogP contribution is -2.27. The third-order valence-electron chi connectivity index (χ3n) is 3.93. The smallest absolute Gasteiger partial charge is 0.170 e. The number of nitrogens with zero attached hydrogens (tertiary/aromatic N) is 4. The van der Waals surface area contributed by atoms with Gasteiger partial charge in [0, 0.05) is 19.8 Å². The highest BCUT2D eigenvalue weighted by Crippen LogP contribution is 2.20. The van der Waals surface area contributed by atoms with E-state index in [9.17, 15) is 5.11 Å². The first-order valence-electron chi connectivity index (χ1n) is 8.03. The number of benzene rings is 2. The van der Waals surface area contributed by atoms with E-state index in [2.05, 4.69) is 10.1 Å². The number of hydrazone groups is 1. The van der Waals surface area contributed by atoms with Crippen molar-refractivity contribution in [2.75, 3.05) is 25.6 Å². The molecule has 128 valence electrons. The maximum Gasteiger partial charge on any atom is 0.170 e. The lowest BCUT2D eigenvalue weighted by Gasteiger charge is -2.14. The quantitative estimate of drug-likeness (QED) is 0.882. The minimum Gasteiger partial charge on any atom is -0.390 e. The molecule has 0 bridgehead atoms. The molecule has 1 aliphatic heterocycles. The molecule has 0 fully saturated rings. The molecule has 0 unspecified atom stereocenters. The Kier molecular flexibility index (Phi) is 4.90. The molecule has 0 aliphatic carbocycles. The topological polar surface area (TPSA) is 75.3 Å². The molecule has 3 rings (SSSR count). The summed E-state index contributed by atoms with van der Waals surface area (Å²) in [6.45, 7) is 0.226. The third kappa shape index (κ3) is 3.75. The van der Waals surface area contributed by atoms with E-state index in [4.69, 9.17) is 5.41 Å². The van der Waals surface area contributed by atoms with E-state index in [0.29, 0.717) is 18.0 Å². The molecule has 0 amide bonds. The average molecular weight is 335 g/mol. The molecule has 0 atom stereocenters. The lowest BCUT2D eigenvalue weighted by atomic mass is 10.2. The molecule has 0 aromatic heterocycles. The molecule has 0 spiro atoms. The Morgan fingerprint density at radius 2 is 1.76 bits per heavy atom. The van der Waals surface area contributed by atoms with Gasteiger partial charge < -0.3 is 10.0 Å². The Balaban J connectivity index is 1.83. The van der Waals surface area contributed by atoms with Gasteiger partial charge in [0.05, 0.1) is 18.8 Å². The summed E-state index contributed by atoms with van der Waals surface area (Å²) in [6, 6.07) is 17.5. The van der Waals surface area contributed by atoms with Crippen molar-refractivity contribution in [3.63, 3.8) is 0 Å². The van der Waals surface area contributed by atoms with E-state index in [0.717, 1.165) is 16.9 Å². The number of hydrogen-bond acceptors (Lipinski definition) is 5. The van der Waals surface area contributed by atoms with Crippen LogP contribution in [-0.2, 0) is 6.54 Å². The van der Waals surface area contributed by atoms with Crippen LogP contribution in [-0.4, -0.2) is 48.1 Å². The monoisotopic (exact) mass is 335 g/mol. The fraction of sp³-hybridized carbons (Fsp3) is 0.211. The zero-order chi connectivity index (χ0) is 17.8. The van der Waals surface area contributed by atoms with Crippen molar-refractivity contribution in [1.29, 1.82) is 5.41 Å². The summed E-state index contributed by atoms with van der Waals surface area (Å²) in [4.78, 5) is 6.54. The Bertz CT molecular complexity index is 809. The number of aliphatic hydroxyl groups is 1. The van der Waals surface area contributed by atoms with Gasteiger partial charge in [-0.15, -0.1) is 0 Å². The Morgan fingerprint density at radius 3 is 2.36 bits per heavy atom. The molecule has 0 radical (unpaired) electrons. The molecule has 1 aliphatic rings. The van der Waals surface area contributed by atoms with E-state index in [1.165, 1.54) is 0 Å². The maximum atomic E-state index is 9.59. The first-order chi connectivity index (χ1) is 12.1. The largest absolute Gasteiger partial charge is 0.390 e. The van der Waals surface area contributed by atoms with Crippen LogP contribution in [0.1, 0.15) is 5.56 Å². The van der Waals surface area contributed by atoms with Crippen LogP contribution < -0.4 is 4.90 Å². The molecular weight excluding hydrogens is 314 g/mol. The molecule has 0 saturated heterocycles. The zero-order valence-electron chi connectivity index (χ0n) is 14.3. The summed E-state index contributed by atoms with van der Waals surface area (Å²) in [7, 11) is 3.96. The van der Waals surface area contributed by atoms with Gasteiger partial charge in [0.2, 0.25) is 0 Å². The Hall–Kier alpha value is -2.99. The molecule has 1 heterocycles. The zero-order valence-corrected chi connectivity index (χ0v) is 14.3. The van der Waals surface area contributed by atoms with Gasteiger partial charge >= 0.3 is 0 Å². The summed E-state index contributed by atoms with van der Waals surface area (Å²) in [5, 5.41) is 23.9. The number of nitrogens with one attached hydrogen (secondary N) is 1. The lowest BCUT2D eigenvalue weighted by molar-refractivity contribution is 0.355.